The maximum atomic E-state index is 14.7. The number of carboxylic acid groups (broad SMARTS) is 1. The number of H-pyrrole nitrogens is 1. The lowest BCUT2D eigenvalue weighted by atomic mass is 9.97. The fourth-order valence-electron chi connectivity index (χ4n) is 3.37. The van der Waals surface area contributed by atoms with Crippen molar-refractivity contribution in [2.24, 2.45) is 0 Å². The summed E-state index contributed by atoms with van der Waals surface area (Å²) in [5.41, 5.74) is 0.383. The molecule has 27 heavy (non-hydrogen) atoms. The van der Waals surface area contributed by atoms with Crippen molar-refractivity contribution in [1.29, 1.82) is 0 Å². The van der Waals surface area contributed by atoms with E-state index in [2.05, 4.69) is 26.8 Å². The molecule has 0 radical (unpaired) electrons. The number of halogens is 1. The van der Waals surface area contributed by atoms with Crippen LogP contribution in [0.3, 0.4) is 0 Å². The number of hydrogen-bond donors (Lipinski definition) is 3. The molecule has 3 heterocycles. The molecule has 1 aliphatic heterocycles. The first-order valence-corrected chi connectivity index (χ1v) is 8.80. The Morgan fingerprint density at radius 3 is 2.89 bits per heavy atom. The molecule has 0 unspecified atom stereocenters. The van der Waals surface area contributed by atoms with Gasteiger partial charge in [0.05, 0.1) is 17.0 Å². The molecule has 3 N–H and O–H groups in total. The van der Waals surface area contributed by atoms with E-state index in [-0.39, 0.29) is 36.3 Å². The second-order valence-corrected chi connectivity index (χ2v) is 6.62. The number of carbonyl (C=O) groups excluding carboxylic acids is 1. The summed E-state index contributed by atoms with van der Waals surface area (Å²) in [6.07, 6.45) is 2.05. The highest BCUT2D eigenvalue weighted by Gasteiger charge is 2.36. The smallest absolute Gasteiger partial charge is 0.338 e. The fraction of sp³-hybridized carbons (Fsp3) is 0.444. The second kappa shape index (κ2) is 7.34. The van der Waals surface area contributed by atoms with Crippen LogP contribution in [0.25, 0.3) is 11.0 Å². The van der Waals surface area contributed by atoms with E-state index in [1.807, 2.05) is 6.92 Å². The third-order valence-corrected chi connectivity index (χ3v) is 4.83. The summed E-state index contributed by atoms with van der Waals surface area (Å²) in [5, 5.41) is 12.7. The van der Waals surface area contributed by atoms with Gasteiger partial charge in [0.2, 0.25) is 5.91 Å². The largest absolute Gasteiger partial charge is 0.478 e. The van der Waals surface area contributed by atoms with Gasteiger partial charge in [-0.25, -0.2) is 19.2 Å². The molecule has 1 aliphatic rings. The number of rotatable bonds is 5. The molecule has 3 atom stereocenters. The van der Waals surface area contributed by atoms with Gasteiger partial charge in [-0.15, -0.1) is 0 Å². The minimum absolute atomic E-state index is 0.00811. The van der Waals surface area contributed by atoms with Gasteiger partial charge in [-0.1, -0.05) is 13.5 Å². The number of amides is 1. The van der Waals surface area contributed by atoms with Crippen LogP contribution in [-0.2, 0) is 11.2 Å². The quantitative estimate of drug-likeness (QED) is 0.691. The Hall–Kier alpha value is -2.97. The maximum absolute atomic E-state index is 14.7. The Balaban J connectivity index is 1.99. The Labute approximate surface area is 155 Å². The predicted molar refractivity (Wildman–Crippen MR) is 98.5 cm³/mol. The number of anilines is 1. The first kappa shape index (κ1) is 18.8. The van der Waals surface area contributed by atoms with Crippen LogP contribution >= 0.6 is 0 Å². The summed E-state index contributed by atoms with van der Waals surface area (Å²) in [4.78, 5) is 36.6. The first-order chi connectivity index (χ1) is 12.8. The normalized spacial score (nSPS) is 22.6. The first-order valence-electron chi connectivity index (χ1n) is 8.80. The number of nitrogens with one attached hydrogen (secondary N) is 2. The van der Waals surface area contributed by atoms with Crippen LogP contribution in [0.15, 0.2) is 18.9 Å². The van der Waals surface area contributed by atoms with E-state index in [1.54, 1.807) is 11.8 Å². The molecule has 2 aromatic rings. The highest BCUT2D eigenvalue weighted by molar-refractivity contribution is 6.06. The van der Waals surface area contributed by atoms with E-state index in [9.17, 15) is 19.1 Å². The zero-order valence-corrected chi connectivity index (χ0v) is 15.2. The SMILES string of the molecule is C=CC(=O)N1C[C@H](Nc2nc(CC)nc3[nH]cc(C(=O)O)c23)[C@@H](F)C[C@@H]1C. The van der Waals surface area contributed by atoms with Crippen molar-refractivity contribution >= 4 is 28.7 Å². The number of carboxylic acids is 1. The van der Waals surface area contributed by atoms with Gasteiger partial charge >= 0.3 is 5.97 Å². The monoisotopic (exact) mass is 375 g/mol. The molecule has 0 spiro atoms. The summed E-state index contributed by atoms with van der Waals surface area (Å²) in [5.74, 6) is -0.642. The highest BCUT2D eigenvalue weighted by atomic mass is 19.1. The number of aromatic amines is 1. The van der Waals surface area contributed by atoms with Gasteiger partial charge in [-0.3, -0.25) is 4.79 Å². The standard InChI is InChI=1S/C18H22FN5O3/c1-4-13-22-16-15(10(7-20-16)18(26)27)17(23-13)21-12-8-24(14(25)5-2)9(3)6-11(12)19/h5,7,9,11-12H,2,4,6,8H2,1,3H3,(H,26,27)(H2,20,21,22,23)/t9-,11-,12-/m0/s1. The number of aryl methyl sites for hydroxylation is 1. The number of aromatic nitrogens is 3. The Kier molecular flexibility index (Phi) is 5.11. The van der Waals surface area contributed by atoms with Gasteiger partial charge in [0.25, 0.3) is 0 Å². The van der Waals surface area contributed by atoms with Crippen LogP contribution < -0.4 is 5.32 Å². The number of nitrogens with zero attached hydrogens (tertiary/aromatic N) is 3. The zero-order chi connectivity index (χ0) is 19.7. The third-order valence-electron chi connectivity index (χ3n) is 4.83. The third kappa shape index (κ3) is 3.49. The van der Waals surface area contributed by atoms with Crippen molar-refractivity contribution < 1.29 is 19.1 Å². The topological polar surface area (TPSA) is 111 Å². The molecule has 0 saturated carbocycles. The number of likely N-dealkylation sites (tertiary alicyclic amines) is 1. The number of carbonyl (C=O) groups is 2. The van der Waals surface area contributed by atoms with Crippen molar-refractivity contribution in [2.45, 2.75) is 44.9 Å². The minimum Gasteiger partial charge on any atom is -0.478 e. The second-order valence-electron chi connectivity index (χ2n) is 6.62. The highest BCUT2D eigenvalue weighted by Crippen LogP contribution is 2.28. The average molecular weight is 375 g/mol. The van der Waals surface area contributed by atoms with E-state index >= 15 is 0 Å². The van der Waals surface area contributed by atoms with Crippen LogP contribution in [0.1, 0.15) is 36.5 Å². The minimum atomic E-state index is -1.21. The predicted octanol–water partition coefficient (Wildman–Crippen LogP) is 2.14. The molecule has 144 valence electrons. The fourth-order valence-corrected chi connectivity index (χ4v) is 3.37. The number of hydrogen-bond acceptors (Lipinski definition) is 5. The van der Waals surface area contributed by atoms with Crippen LogP contribution in [0, 0.1) is 0 Å². The van der Waals surface area contributed by atoms with Gasteiger partial charge in [0.1, 0.15) is 23.5 Å². The van der Waals surface area contributed by atoms with Crippen LogP contribution in [0.2, 0.25) is 0 Å². The number of alkyl halides is 1. The Bertz CT molecular complexity index is 896. The van der Waals surface area contributed by atoms with E-state index < -0.39 is 18.2 Å². The molecule has 0 bridgehead atoms. The van der Waals surface area contributed by atoms with Crippen molar-refractivity contribution in [3.05, 3.63) is 30.2 Å². The summed E-state index contributed by atoms with van der Waals surface area (Å²) in [7, 11) is 0. The van der Waals surface area contributed by atoms with Crippen molar-refractivity contribution in [1.82, 2.24) is 19.9 Å². The van der Waals surface area contributed by atoms with Gasteiger partial charge in [-0.05, 0) is 13.0 Å². The van der Waals surface area contributed by atoms with Crippen molar-refractivity contribution in [3.63, 3.8) is 0 Å². The van der Waals surface area contributed by atoms with Crippen molar-refractivity contribution in [2.75, 3.05) is 11.9 Å². The lowest BCUT2D eigenvalue weighted by molar-refractivity contribution is -0.130. The number of aromatic carboxylic acids is 1. The lowest BCUT2D eigenvalue weighted by Gasteiger charge is -2.40. The lowest BCUT2D eigenvalue weighted by Crippen LogP contribution is -2.54. The molecule has 8 nitrogen and oxygen atoms in total. The molecule has 9 heteroatoms. The number of fused-ring (bicyclic) bond motifs is 1. The molecule has 2 aromatic heterocycles. The molecule has 0 aromatic carbocycles. The summed E-state index contributed by atoms with van der Waals surface area (Å²) in [6.45, 7) is 7.28. The van der Waals surface area contributed by atoms with E-state index in [0.29, 0.717) is 23.3 Å². The summed E-state index contributed by atoms with van der Waals surface area (Å²) >= 11 is 0. The van der Waals surface area contributed by atoms with Gasteiger partial charge < -0.3 is 20.3 Å². The maximum Gasteiger partial charge on any atom is 0.338 e. The van der Waals surface area contributed by atoms with Gasteiger partial charge in [-0.2, -0.15) is 0 Å². The van der Waals surface area contributed by atoms with Crippen LogP contribution in [0.4, 0.5) is 10.2 Å². The zero-order valence-electron chi connectivity index (χ0n) is 15.2. The molecule has 0 aliphatic carbocycles. The van der Waals surface area contributed by atoms with Crippen molar-refractivity contribution in [3.8, 4) is 0 Å². The van der Waals surface area contributed by atoms with E-state index in [1.165, 1.54) is 12.3 Å². The Morgan fingerprint density at radius 2 is 2.26 bits per heavy atom. The molecular formula is C18H22FN5O3. The summed E-state index contributed by atoms with van der Waals surface area (Å²) < 4.78 is 14.7. The molecule has 1 fully saturated rings. The number of piperidine rings is 1. The Morgan fingerprint density at radius 1 is 1.52 bits per heavy atom. The molecule has 1 saturated heterocycles. The average Bonchev–Trinajstić information content (AvgIpc) is 3.07. The van der Waals surface area contributed by atoms with Gasteiger partial charge in [0.15, 0.2) is 0 Å². The van der Waals surface area contributed by atoms with E-state index in [4.69, 9.17) is 0 Å². The summed E-state index contributed by atoms with van der Waals surface area (Å²) in [6, 6.07) is -0.966. The molecular weight excluding hydrogens is 353 g/mol. The van der Waals surface area contributed by atoms with Crippen LogP contribution in [-0.4, -0.2) is 61.6 Å². The molecule has 3 rings (SSSR count). The van der Waals surface area contributed by atoms with Crippen LogP contribution in [0.5, 0.6) is 0 Å². The molecule has 1 amide bonds. The van der Waals surface area contributed by atoms with E-state index in [0.717, 1.165) is 0 Å². The van der Waals surface area contributed by atoms with Gasteiger partial charge in [0, 0.05) is 31.6 Å².